The van der Waals surface area contributed by atoms with Crippen LogP contribution in [-0.2, 0) is 14.2 Å². The lowest BCUT2D eigenvalue weighted by Crippen LogP contribution is -2.42. The zero-order valence-electron chi connectivity index (χ0n) is 8.66. The molecule has 2 rings (SSSR count). The van der Waals surface area contributed by atoms with Crippen LogP contribution in [0.25, 0.3) is 0 Å². The summed E-state index contributed by atoms with van der Waals surface area (Å²) in [7, 11) is 0. The molecule has 2 aliphatic heterocycles. The number of aliphatic hydroxyl groups is 3. The van der Waals surface area contributed by atoms with Crippen LogP contribution in [0.4, 0.5) is 0 Å². The molecule has 0 unspecified atom stereocenters. The van der Waals surface area contributed by atoms with Crippen LogP contribution in [0.15, 0.2) is 0 Å². The predicted molar refractivity (Wildman–Crippen MR) is 47.8 cm³/mol. The summed E-state index contributed by atoms with van der Waals surface area (Å²) in [4.78, 5) is 0. The van der Waals surface area contributed by atoms with Gasteiger partial charge in [0.1, 0.15) is 24.4 Å². The first-order valence-electron chi connectivity index (χ1n) is 4.93. The second-order valence-corrected chi connectivity index (χ2v) is 4.31. The van der Waals surface area contributed by atoms with Crippen molar-refractivity contribution in [3.63, 3.8) is 0 Å². The molecule has 15 heavy (non-hydrogen) atoms. The minimum atomic E-state index is -1.12. The predicted octanol–water partition coefficient (Wildman–Crippen LogP) is -1.42. The smallest absolute Gasteiger partial charge is 0.190 e. The van der Waals surface area contributed by atoms with E-state index in [9.17, 15) is 10.2 Å². The molecular weight excluding hydrogens is 204 g/mol. The molecule has 0 amide bonds. The summed E-state index contributed by atoms with van der Waals surface area (Å²) in [5.41, 5.74) is 0. The highest BCUT2D eigenvalue weighted by Gasteiger charge is 2.55. The molecule has 0 bridgehead atoms. The molecule has 2 saturated heterocycles. The molecule has 0 aromatic carbocycles. The molecule has 88 valence electrons. The summed E-state index contributed by atoms with van der Waals surface area (Å²) in [6.07, 6.45) is -4.26. The lowest BCUT2D eigenvalue weighted by Gasteiger charge is -2.24. The largest absolute Gasteiger partial charge is 0.394 e. The van der Waals surface area contributed by atoms with E-state index in [0.717, 1.165) is 0 Å². The van der Waals surface area contributed by atoms with Crippen LogP contribution < -0.4 is 0 Å². The Morgan fingerprint density at radius 2 is 2.00 bits per heavy atom. The fourth-order valence-electron chi connectivity index (χ4n) is 1.94. The van der Waals surface area contributed by atoms with E-state index in [1.54, 1.807) is 13.8 Å². The first kappa shape index (κ1) is 11.3. The summed E-state index contributed by atoms with van der Waals surface area (Å²) in [5.74, 6) is -0.786. The zero-order valence-corrected chi connectivity index (χ0v) is 8.66. The Labute approximate surface area is 87.4 Å². The van der Waals surface area contributed by atoms with Crippen molar-refractivity contribution >= 4 is 0 Å². The van der Waals surface area contributed by atoms with Gasteiger partial charge in [0.25, 0.3) is 0 Å². The molecular formula is C9H16O6. The van der Waals surface area contributed by atoms with Gasteiger partial charge in [-0.3, -0.25) is 0 Å². The van der Waals surface area contributed by atoms with Crippen molar-refractivity contribution in [3.8, 4) is 0 Å². The first-order valence-corrected chi connectivity index (χ1v) is 4.93. The van der Waals surface area contributed by atoms with Gasteiger partial charge in [-0.25, -0.2) is 0 Å². The summed E-state index contributed by atoms with van der Waals surface area (Å²) in [5, 5.41) is 27.9. The van der Waals surface area contributed by atoms with Crippen LogP contribution in [-0.4, -0.2) is 58.4 Å². The third-order valence-electron chi connectivity index (χ3n) is 2.62. The molecule has 0 spiro atoms. The molecule has 6 nitrogen and oxygen atoms in total. The Balaban J connectivity index is 2.05. The van der Waals surface area contributed by atoms with Gasteiger partial charge in [-0.05, 0) is 13.8 Å². The molecule has 0 radical (unpaired) electrons. The minimum Gasteiger partial charge on any atom is -0.394 e. The maximum atomic E-state index is 9.79. The van der Waals surface area contributed by atoms with Gasteiger partial charge >= 0.3 is 0 Å². The van der Waals surface area contributed by atoms with E-state index >= 15 is 0 Å². The van der Waals surface area contributed by atoms with E-state index in [1.165, 1.54) is 0 Å². The average Bonchev–Trinajstić information content (AvgIpc) is 2.60. The lowest BCUT2D eigenvalue weighted by atomic mass is 10.1. The van der Waals surface area contributed by atoms with Gasteiger partial charge in [-0.15, -0.1) is 0 Å². The molecule has 0 saturated carbocycles. The van der Waals surface area contributed by atoms with Crippen molar-refractivity contribution < 1.29 is 29.5 Å². The molecule has 0 aromatic heterocycles. The Morgan fingerprint density at radius 3 is 2.53 bits per heavy atom. The second-order valence-electron chi connectivity index (χ2n) is 4.31. The maximum Gasteiger partial charge on any atom is 0.190 e. The van der Waals surface area contributed by atoms with Gasteiger partial charge in [0.05, 0.1) is 6.61 Å². The first-order chi connectivity index (χ1) is 6.94. The molecule has 2 aliphatic rings. The summed E-state index contributed by atoms with van der Waals surface area (Å²) < 4.78 is 16.1. The van der Waals surface area contributed by atoms with Crippen LogP contribution in [0.5, 0.6) is 0 Å². The van der Waals surface area contributed by atoms with Gasteiger partial charge in [-0.2, -0.15) is 0 Å². The topological polar surface area (TPSA) is 88.4 Å². The molecule has 5 atom stereocenters. The highest BCUT2D eigenvalue weighted by atomic mass is 16.8. The van der Waals surface area contributed by atoms with Crippen LogP contribution in [0.1, 0.15) is 13.8 Å². The Hall–Kier alpha value is -0.240. The molecule has 2 fully saturated rings. The van der Waals surface area contributed by atoms with E-state index in [0.29, 0.717) is 0 Å². The van der Waals surface area contributed by atoms with Gasteiger partial charge < -0.3 is 29.5 Å². The van der Waals surface area contributed by atoms with E-state index in [2.05, 4.69) is 0 Å². The van der Waals surface area contributed by atoms with Crippen molar-refractivity contribution in [3.05, 3.63) is 0 Å². The third kappa shape index (κ3) is 1.89. The van der Waals surface area contributed by atoms with Crippen molar-refractivity contribution in [2.45, 2.75) is 50.3 Å². The van der Waals surface area contributed by atoms with Crippen molar-refractivity contribution in [2.24, 2.45) is 0 Å². The van der Waals surface area contributed by atoms with Crippen molar-refractivity contribution in [1.29, 1.82) is 0 Å². The second kappa shape index (κ2) is 3.65. The van der Waals surface area contributed by atoms with Crippen LogP contribution in [0, 0.1) is 0 Å². The van der Waals surface area contributed by atoms with Gasteiger partial charge in [-0.1, -0.05) is 0 Å². The third-order valence-corrected chi connectivity index (χ3v) is 2.62. The van der Waals surface area contributed by atoms with Crippen molar-refractivity contribution in [2.75, 3.05) is 6.61 Å². The van der Waals surface area contributed by atoms with E-state index in [-0.39, 0.29) is 0 Å². The number of rotatable bonds is 2. The quantitative estimate of drug-likeness (QED) is 0.529. The number of hydrogen-bond acceptors (Lipinski definition) is 6. The minimum absolute atomic E-state index is 0.468. The van der Waals surface area contributed by atoms with Gasteiger partial charge in [0.15, 0.2) is 12.1 Å². The Kier molecular flexibility index (Phi) is 2.74. The summed E-state index contributed by atoms with van der Waals surface area (Å²) >= 11 is 0. The highest BCUT2D eigenvalue weighted by Crippen LogP contribution is 2.38. The van der Waals surface area contributed by atoms with Crippen LogP contribution in [0.3, 0.4) is 0 Å². The van der Waals surface area contributed by atoms with Crippen LogP contribution in [0.2, 0.25) is 0 Å². The molecule has 0 aromatic rings. The zero-order chi connectivity index (χ0) is 11.2. The normalized spacial score (nSPS) is 45.4. The van der Waals surface area contributed by atoms with Gasteiger partial charge in [0.2, 0.25) is 0 Å². The Bertz CT molecular complexity index is 243. The standard InChI is InChI=1S/C9H16O6/c1-9(2)14-7-5(12)6(4(11)3-10)13-8(7)15-9/h4-8,10-12H,3H2,1-2H3/t4-,5+,6-,7+,8+/m1/s1. The number of fused-ring (bicyclic) bond motifs is 1. The van der Waals surface area contributed by atoms with Crippen molar-refractivity contribution in [1.82, 2.24) is 0 Å². The van der Waals surface area contributed by atoms with Crippen LogP contribution >= 0.6 is 0 Å². The van der Waals surface area contributed by atoms with E-state index in [4.69, 9.17) is 19.3 Å². The monoisotopic (exact) mass is 220 g/mol. The van der Waals surface area contributed by atoms with E-state index < -0.39 is 43.1 Å². The summed E-state index contributed by atoms with van der Waals surface area (Å²) in [6, 6.07) is 0. The number of aliphatic hydroxyl groups excluding tert-OH is 3. The summed E-state index contributed by atoms with van der Waals surface area (Å²) in [6.45, 7) is 2.97. The maximum absolute atomic E-state index is 9.79. The van der Waals surface area contributed by atoms with Gasteiger partial charge in [0, 0.05) is 0 Å². The fraction of sp³-hybridized carbons (Fsp3) is 1.00. The fourth-order valence-corrected chi connectivity index (χ4v) is 1.94. The molecule has 3 N–H and O–H groups in total. The number of ether oxygens (including phenoxy) is 3. The molecule has 0 aliphatic carbocycles. The van der Waals surface area contributed by atoms with E-state index in [1.807, 2.05) is 0 Å². The molecule has 6 heteroatoms. The number of hydrogen-bond donors (Lipinski definition) is 3. The average molecular weight is 220 g/mol. The lowest BCUT2D eigenvalue weighted by molar-refractivity contribution is -0.227. The highest BCUT2D eigenvalue weighted by molar-refractivity contribution is 4.95. The molecule has 2 heterocycles. The Morgan fingerprint density at radius 1 is 1.33 bits per heavy atom. The SMILES string of the molecule is CC1(C)O[C@@H]2O[C@H]([C@H](O)CO)[C@H](O)[C@@H]2O1.